The van der Waals surface area contributed by atoms with Crippen LogP contribution in [0.25, 0.3) is 0 Å². The van der Waals surface area contributed by atoms with Crippen molar-refractivity contribution in [2.24, 2.45) is 5.73 Å². The van der Waals surface area contributed by atoms with Gasteiger partial charge >= 0.3 is 0 Å². The maximum atomic E-state index is 12.2. The van der Waals surface area contributed by atoms with E-state index in [4.69, 9.17) is 10.5 Å². The first-order valence-corrected chi connectivity index (χ1v) is 8.48. The number of nitrogens with zero attached hydrogens (tertiary/aromatic N) is 1. The monoisotopic (exact) mass is 309 g/mol. The van der Waals surface area contributed by atoms with Crippen LogP contribution < -0.4 is 11.1 Å². The van der Waals surface area contributed by atoms with Gasteiger partial charge in [-0.3, -0.25) is 9.69 Å². The van der Waals surface area contributed by atoms with Gasteiger partial charge in [0.1, 0.15) is 0 Å². The standard InChI is InChI=1S/C15H23N3O2S/c16-15(3-8-20-9-4-15)14(19)17-5-7-18-6-1-13-12(11-18)2-10-21-13/h2,10H,1,3-9,11,16H2,(H,17,19). The predicted molar refractivity (Wildman–Crippen MR) is 83.3 cm³/mol. The van der Waals surface area contributed by atoms with Gasteiger partial charge in [0, 0.05) is 44.3 Å². The van der Waals surface area contributed by atoms with Crippen molar-refractivity contribution in [3.05, 3.63) is 21.9 Å². The van der Waals surface area contributed by atoms with Crippen LogP contribution in [0.1, 0.15) is 23.3 Å². The summed E-state index contributed by atoms with van der Waals surface area (Å²) >= 11 is 1.85. The summed E-state index contributed by atoms with van der Waals surface area (Å²) < 4.78 is 5.27. The van der Waals surface area contributed by atoms with Crippen molar-refractivity contribution < 1.29 is 9.53 Å². The van der Waals surface area contributed by atoms with Crippen molar-refractivity contribution in [3.8, 4) is 0 Å². The van der Waals surface area contributed by atoms with Gasteiger partial charge in [0.15, 0.2) is 0 Å². The van der Waals surface area contributed by atoms with Crippen LogP contribution in [0.5, 0.6) is 0 Å². The Bertz CT molecular complexity index is 497. The van der Waals surface area contributed by atoms with Crippen molar-refractivity contribution in [2.75, 3.05) is 32.8 Å². The number of thiophene rings is 1. The highest BCUT2D eigenvalue weighted by Crippen LogP contribution is 2.23. The topological polar surface area (TPSA) is 67.6 Å². The van der Waals surface area contributed by atoms with E-state index in [2.05, 4.69) is 21.7 Å². The van der Waals surface area contributed by atoms with Crippen LogP contribution in [0, 0.1) is 0 Å². The lowest BCUT2D eigenvalue weighted by atomic mass is 9.90. The number of hydrogen-bond acceptors (Lipinski definition) is 5. The Morgan fingerprint density at radius 3 is 3.10 bits per heavy atom. The van der Waals surface area contributed by atoms with Crippen LogP contribution in [-0.4, -0.2) is 49.2 Å². The molecule has 116 valence electrons. The van der Waals surface area contributed by atoms with Gasteiger partial charge in [0.2, 0.25) is 5.91 Å². The SMILES string of the molecule is NC1(C(=O)NCCN2CCc3sccc3C2)CCOCC1. The Kier molecular flexibility index (Phi) is 4.59. The summed E-state index contributed by atoms with van der Waals surface area (Å²) in [7, 11) is 0. The number of carbonyl (C=O) groups is 1. The van der Waals surface area contributed by atoms with Gasteiger partial charge in [-0.25, -0.2) is 0 Å². The van der Waals surface area contributed by atoms with E-state index in [0.29, 0.717) is 32.6 Å². The molecule has 0 atom stereocenters. The second-order valence-corrected chi connectivity index (χ2v) is 6.92. The molecule has 2 aliphatic rings. The Hall–Kier alpha value is -0.950. The van der Waals surface area contributed by atoms with Gasteiger partial charge in [-0.1, -0.05) is 0 Å². The van der Waals surface area contributed by atoms with Gasteiger partial charge in [-0.2, -0.15) is 0 Å². The summed E-state index contributed by atoms with van der Waals surface area (Å²) in [6.45, 7) is 4.78. The molecule has 3 N–H and O–H groups in total. The molecule has 0 aromatic carbocycles. The van der Waals surface area contributed by atoms with E-state index in [0.717, 1.165) is 26.1 Å². The molecule has 1 fully saturated rings. The number of nitrogens with one attached hydrogen (secondary N) is 1. The minimum Gasteiger partial charge on any atom is -0.381 e. The molecular formula is C15H23N3O2S. The molecule has 3 heterocycles. The maximum Gasteiger partial charge on any atom is 0.240 e. The molecule has 0 bridgehead atoms. The summed E-state index contributed by atoms with van der Waals surface area (Å²) in [4.78, 5) is 16.1. The number of fused-ring (bicyclic) bond motifs is 1. The molecule has 6 heteroatoms. The zero-order chi connectivity index (χ0) is 14.7. The van der Waals surface area contributed by atoms with Crippen LogP contribution in [-0.2, 0) is 22.5 Å². The molecule has 0 spiro atoms. The molecule has 2 aliphatic heterocycles. The number of rotatable bonds is 4. The van der Waals surface area contributed by atoms with Crippen molar-refractivity contribution in [1.29, 1.82) is 0 Å². The highest BCUT2D eigenvalue weighted by Gasteiger charge is 2.35. The molecule has 0 saturated carbocycles. The van der Waals surface area contributed by atoms with E-state index < -0.39 is 5.54 Å². The fraction of sp³-hybridized carbons (Fsp3) is 0.667. The lowest BCUT2D eigenvalue weighted by molar-refractivity contribution is -0.129. The van der Waals surface area contributed by atoms with Crippen LogP contribution in [0.15, 0.2) is 11.4 Å². The minimum absolute atomic E-state index is 0.0287. The summed E-state index contributed by atoms with van der Waals surface area (Å²) in [5.41, 5.74) is 6.87. The van der Waals surface area contributed by atoms with Crippen LogP contribution in [0.4, 0.5) is 0 Å². The highest BCUT2D eigenvalue weighted by atomic mass is 32.1. The molecule has 21 heavy (non-hydrogen) atoms. The molecule has 1 aromatic rings. The molecular weight excluding hydrogens is 286 g/mol. The summed E-state index contributed by atoms with van der Waals surface area (Å²) in [6, 6.07) is 2.21. The number of carbonyl (C=O) groups excluding carboxylic acids is 1. The van der Waals surface area contributed by atoms with E-state index in [1.807, 2.05) is 11.3 Å². The molecule has 1 saturated heterocycles. The third-order valence-electron chi connectivity index (χ3n) is 4.44. The average Bonchev–Trinajstić information content (AvgIpc) is 2.95. The fourth-order valence-electron chi connectivity index (χ4n) is 2.96. The molecule has 1 amide bonds. The van der Waals surface area contributed by atoms with E-state index in [1.54, 1.807) is 0 Å². The lowest BCUT2D eigenvalue weighted by Gasteiger charge is -2.32. The Morgan fingerprint density at radius 2 is 2.29 bits per heavy atom. The van der Waals surface area contributed by atoms with E-state index >= 15 is 0 Å². The number of hydrogen-bond donors (Lipinski definition) is 2. The number of ether oxygens (including phenoxy) is 1. The summed E-state index contributed by atoms with van der Waals surface area (Å²) in [5.74, 6) is -0.0287. The molecule has 3 rings (SSSR count). The zero-order valence-electron chi connectivity index (χ0n) is 12.3. The minimum atomic E-state index is -0.735. The van der Waals surface area contributed by atoms with Gasteiger partial charge in [-0.15, -0.1) is 11.3 Å². The van der Waals surface area contributed by atoms with Gasteiger partial charge in [-0.05, 0) is 36.3 Å². The third-order valence-corrected chi connectivity index (χ3v) is 5.46. The Morgan fingerprint density at radius 1 is 1.48 bits per heavy atom. The number of nitrogens with two attached hydrogens (primary N) is 1. The predicted octanol–water partition coefficient (Wildman–Crippen LogP) is 0.730. The van der Waals surface area contributed by atoms with Crippen LogP contribution >= 0.6 is 11.3 Å². The normalized spacial score (nSPS) is 21.8. The largest absolute Gasteiger partial charge is 0.381 e. The van der Waals surface area contributed by atoms with E-state index in [1.165, 1.54) is 10.4 Å². The second-order valence-electron chi connectivity index (χ2n) is 5.92. The quantitative estimate of drug-likeness (QED) is 0.860. The van der Waals surface area contributed by atoms with Gasteiger partial charge < -0.3 is 15.8 Å². The van der Waals surface area contributed by atoms with E-state index in [9.17, 15) is 4.79 Å². The number of amides is 1. The highest BCUT2D eigenvalue weighted by molar-refractivity contribution is 7.10. The summed E-state index contributed by atoms with van der Waals surface area (Å²) in [5, 5.41) is 5.17. The van der Waals surface area contributed by atoms with Gasteiger partial charge in [0.05, 0.1) is 5.54 Å². The third kappa shape index (κ3) is 3.45. The van der Waals surface area contributed by atoms with Crippen molar-refractivity contribution in [3.63, 3.8) is 0 Å². The van der Waals surface area contributed by atoms with Crippen LogP contribution in [0.3, 0.4) is 0 Å². The van der Waals surface area contributed by atoms with Crippen molar-refractivity contribution in [2.45, 2.75) is 31.3 Å². The molecule has 0 unspecified atom stereocenters. The first-order valence-electron chi connectivity index (χ1n) is 7.60. The Balaban J connectivity index is 1.43. The lowest BCUT2D eigenvalue weighted by Crippen LogP contribution is -2.57. The maximum absolute atomic E-state index is 12.2. The fourth-order valence-corrected chi connectivity index (χ4v) is 3.85. The molecule has 0 aliphatic carbocycles. The summed E-state index contributed by atoms with van der Waals surface area (Å²) in [6.07, 6.45) is 2.35. The molecule has 5 nitrogen and oxygen atoms in total. The van der Waals surface area contributed by atoms with Crippen molar-refractivity contribution in [1.82, 2.24) is 10.2 Å². The zero-order valence-corrected chi connectivity index (χ0v) is 13.1. The first kappa shape index (κ1) is 15.0. The average molecular weight is 309 g/mol. The molecule has 1 aromatic heterocycles. The second kappa shape index (κ2) is 6.44. The molecule has 0 radical (unpaired) electrons. The smallest absolute Gasteiger partial charge is 0.240 e. The van der Waals surface area contributed by atoms with E-state index in [-0.39, 0.29) is 5.91 Å². The Labute approximate surface area is 129 Å². The van der Waals surface area contributed by atoms with Crippen LogP contribution in [0.2, 0.25) is 0 Å². The van der Waals surface area contributed by atoms with Gasteiger partial charge in [0.25, 0.3) is 0 Å². The first-order chi connectivity index (χ1) is 10.2. The van der Waals surface area contributed by atoms with Crippen molar-refractivity contribution >= 4 is 17.2 Å².